The fraction of sp³-hybridized carbons (Fsp3) is 0.231. The molecule has 0 aromatic carbocycles. The van der Waals surface area contributed by atoms with E-state index in [2.05, 4.69) is 15.0 Å². The van der Waals surface area contributed by atoms with E-state index >= 15 is 0 Å². The molecule has 0 saturated heterocycles. The molecule has 1 aliphatic rings. The van der Waals surface area contributed by atoms with Crippen molar-refractivity contribution in [3.05, 3.63) is 35.7 Å². The van der Waals surface area contributed by atoms with Gasteiger partial charge in [-0.2, -0.15) is 0 Å². The first kappa shape index (κ1) is 13.6. The molecule has 7 nitrogen and oxygen atoms in total. The molecule has 2 N–H and O–H groups in total. The average molecular weight is 303 g/mol. The molecule has 0 radical (unpaired) electrons. The highest BCUT2D eigenvalue weighted by molar-refractivity contribution is 7.84. The summed E-state index contributed by atoms with van der Waals surface area (Å²) in [6, 6.07) is 5.49. The second kappa shape index (κ2) is 5.21. The number of amides is 1. The Bertz CT molecular complexity index is 735. The summed E-state index contributed by atoms with van der Waals surface area (Å²) in [4.78, 5) is 26.1. The molecule has 0 spiro atoms. The predicted molar refractivity (Wildman–Crippen MR) is 77.9 cm³/mol. The number of nitrogen functional groups attached to an aromatic ring is 1. The van der Waals surface area contributed by atoms with Gasteiger partial charge in [-0.3, -0.25) is 18.9 Å². The minimum absolute atomic E-state index is 0.115. The van der Waals surface area contributed by atoms with E-state index in [4.69, 9.17) is 5.73 Å². The van der Waals surface area contributed by atoms with Crippen LogP contribution in [0.2, 0.25) is 0 Å². The second-order valence-electron chi connectivity index (χ2n) is 4.63. The summed E-state index contributed by atoms with van der Waals surface area (Å²) in [5.41, 5.74) is 7.18. The van der Waals surface area contributed by atoms with E-state index in [1.165, 1.54) is 11.2 Å². The van der Waals surface area contributed by atoms with E-state index in [1.54, 1.807) is 6.20 Å². The zero-order valence-electron chi connectivity index (χ0n) is 11.3. The van der Waals surface area contributed by atoms with Crippen LogP contribution in [0.3, 0.4) is 0 Å². The fourth-order valence-electron chi connectivity index (χ4n) is 2.17. The van der Waals surface area contributed by atoms with Crippen molar-refractivity contribution in [3.8, 4) is 0 Å². The second-order valence-corrected chi connectivity index (χ2v) is 5.90. The van der Waals surface area contributed by atoms with Crippen molar-refractivity contribution in [2.75, 3.05) is 16.9 Å². The molecular formula is C13H13N5O2S. The normalized spacial score (nSPS) is 15.1. The Morgan fingerprint density at radius 3 is 2.86 bits per heavy atom. The standard InChI is InChI=1S/C13H13N5O2S/c1-21(20)13-16-11(14)9-6-10(19)18(12(9)17-13)7-8-4-2-3-5-15-8/h2-5H,6-7H2,1H3,(H2,14,16,17). The molecule has 1 unspecified atom stereocenters. The Labute approximate surface area is 123 Å². The monoisotopic (exact) mass is 303 g/mol. The molecule has 0 bridgehead atoms. The van der Waals surface area contributed by atoms with Gasteiger partial charge in [-0.05, 0) is 12.1 Å². The van der Waals surface area contributed by atoms with E-state index in [9.17, 15) is 9.00 Å². The summed E-state index contributed by atoms with van der Waals surface area (Å²) < 4.78 is 11.6. The largest absolute Gasteiger partial charge is 0.383 e. The molecule has 0 aliphatic carbocycles. The lowest BCUT2D eigenvalue weighted by molar-refractivity contribution is -0.117. The van der Waals surface area contributed by atoms with Crippen LogP contribution in [0.25, 0.3) is 0 Å². The first-order valence-electron chi connectivity index (χ1n) is 6.26. The van der Waals surface area contributed by atoms with Crippen LogP contribution in [0.1, 0.15) is 11.3 Å². The van der Waals surface area contributed by atoms with Gasteiger partial charge in [0.15, 0.2) is 0 Å². The number of nitrogens with zero attached hydrogens (tertiary/aromatic N) is 4. The highest BCUT2D eigenvalue weighted by atomic mass is 32.2. The molecule has 0 saturated carbocycles. The summed E-state index contributed by atoms with van der Waals surface area (Å²) >= 11 is 0. The van der Waals surface area contributed by atoms with E-state index in [-0.39, 0.29) is 23.3 Å². The van der Waals surface area contributed by atoms with Crippen LogP contribution in [0.4, 0.5) is 11.6 Å². The SMILES string of the molecule is CS(=O)c1nc(N)c2c(n1)N(Cc1ccccn1)C(=O)C2. The highest BCUT2D eigenvalue weighted by Gasteiger charge is 2.32. The van der Waals surface area contributed by atoms with Gasteiger partial charge in [-0.1, -0.05) is 6.07 Å². The molecular weight excluding hydrogens is 290 g/mol. The summed E-state index contributed by atoms with van der Waals surface area (Å²) in [6.07, 6.45) is 3.29. The van der Waals surface area contributed by atoms with Crippen molar-refractivity contribution in [1.82, 2.24) is 15.0 Å². The predicted octanol–water partition coefficient (Wildman–Crippen LogP) is 0.280. The lowest BCUT2D eigenvalue weighted by Crippen LogP contribution is -2.27. The molecule has 21 heavy (non-hydrogen) atoms. The maximum Gasteiger partial charge on any atom is 0.233 e. The first-order chi connectivity index (χ1) is 10.1. The van der Waals surface area contributed by atoms with Gasteiger partial charge in [0.25, 0.3) is 0 Å². The number of hydrogen-bond donors (Lipinski definition) is 1. The van der Waals surface area contributed by atoms with Crippen LogP contribution in [0.5, 0.6) is 0 Å². The van der Waals surface area contributed by atoms with Gasteiger partial charge in [0.05, 0.1) is 29.5 Å². The van der Waals surface area contributed by atoms with Gasteiger partial charge in [-0.25, -0.2) is 9.97 Å². The van der Waals surface area contributed by atoms with Gasteiger partial charge in [-0.15, -0.1) is 0 Å². The van der Waals surface area contributed by atoms with E-state index in [0.29, 0.717) is 17.9 Å². The van der Waals surface area contributed by atoms with Crippen molar-refractivity contribution in [1.29, 1.82) is 0 Å². The van der Waals surface area contributed by atoms with E-state index in [0.717, 1.165) is 5.69 Å². The number of anilines is 2. The lowest BCUT2D eigenvalue weighted by atomic mass is 10.2. The highest BCUT2D eigenvalue weighted by Crippen LogP contribution is 2.31. The van der Waals surface area contributed by atoms with Crippen LogP contribution in [-0.4, -0.2) is 31.3 Å². The van der Waals surface area contributed by atoms with Crippen LogP contribution in [-0.2, 0) is 28.6 Å². The van der Waals surface area contributed by atoms with Gasteiger partial charge in [0.2, 0.25) is 11.1 Å². The molecule has 3 rings (SSSR count). The van der Waals surface area contributed by atoms with Crippen LogP contribution in [0.15, 0.2) is 29.6 Å². The Balaban J connectivity index is 2.02. The summed E-state index contributed by atoms with van der Waals surface area (Å²) in [7, 11) is -1.36. The van der Waals surface area contributed by atoms with Gasteiger partial charge in [0, 0.05) is 18.0 Å². The minimum Gasteiger partial charge on any atom is -0.383 e. The number of carbonyl (C=O) groups is 1. The maximum absolute atomic E-state index is 12.2. The van der Waals surface area contributed by atoms with Crippen molar-refractivity contribution in [2.45, 2.75) is 18.1 Å². The number of carbonyl (C=O) groups excluding carboxylic acids is 1. The number of aromatic nitrogens is 3. The molecule has 1 aliphatic heterocycles. The summed E-state index contributed by atoms with van der Waals surface area (Å²) in [5, 5.41) is 0.131. The Morgan fingerprint density at radius 1 is 1.38 bits per heavy atom. The van der Waals surface area contributed by atoms with Crippen molar-refractivity contribution >= 4 is 28.3 Å². The van der Waals surface area contributed by atoms with E-state index in [1.807, 2.05) is 18.2 Å². The third-order valence-electron chi connectivity index (χ3n) is 3.18. The van der Waals surface area contributed by atoms with Crippen molar-refractivity contribution in [2.24, 2.45) is 0 Å². The number of rotatable bonds is 3. The minimum atomic E-state index is -1.36. The zero-order valence-corrected chi connectivity index (χ0v) is 12.1. The molecule has 108 valence electrons. The molecule has 1 atom stereocenters. The molecule has 2 aromatic heterocycles. The van der Waals surface area contributed by atoms with Crippen LogP contribution < -0.4 is 10.6 Å². The molecule has 1 amide bonds. The summed E-state index contributed by atoms with van der Waals surface area (Å²) in [5.74, 6) is 0.529. The maximum atomic E-state index is 12.2. The lowest BCUT2D eigenvalue weighted by Gasteiger charge is -2.16. The van der Waals surface area contributed by atoms with Crippen LogP contribution in [0, 0.1) is 0 Å². The van der Waals surface area contributed by atoms with E-state index < -0.39 is 10.8 Å². The van der Waals surface area contributed by atoms with Gasteiger partial charge in [0.1, 0.15) is 11.6 Å². The smallest absolute Gasteiger partial charge is 0.233 e. The first-order valence-corrected chi connectivity index (χ1v) is 7.82. The fourth-order valence-corrected chi connectivity index (χ4v) is 2.61. The van der Waals surface area contributed by atoms with Gasteiger partial charge < -0.3 is 5.73 Å². The van der Waals surface area contributed by atoms with Crippen molar-refractivity contribution < 1.29 is 9.00 Å². The average Bonchev–Trinajstić information content (AvgIpc) is 2.77. The number of fused-ring (bicyclic) bond motifs is 1. The quantitative estimate of drug-likeness (QED) is 0.817. The van der Waals surface area contributed by atoms with Crippen molar-refractivity contribution in [3.63, 3.8) is 0 Å². The van der Waals surface area contributed by atoms with Crippen LogP contribution >= 0.6 is 0 Å². The number of nitrogens with two attached hydrogens (primary N) is 1. The topological polar surface area (TPSA) is 102 Å². The Hall–Kier alpha value is -2.35. The third-order valence-corrected chi connectivity index (χ3v) is 3.88. The number of pyridine rings is 1. The van der Waals surface area contributed by atoms with Gasteiger partial charge >= 0.3 is 0 Å². The Morgan fingerprint density at radius 2 is 2.19 bits per heavy atom. The zero-order chi connectivity index (χ0) is 15.0. The summed E-state index contributed by atoms with van der Waals surface area (Å²) in [6.45, 7) is 0.304. The number of hydrogen-bond acceptors (Lipinski definition) is 6. The molecule has 8 heteroatoms. The molecule has 0 fully saturated rings. The third kappa shape index (κ3) is 2.49. The molecule has 2 aromatic rings. The molecule has 3 heterocycles. The Kier molecular flexibility index (Phi) is 3.38.